The molecule has 0 aliphatic carbocycles. The van der Waals surface area contributed by atoms with Crippen LogP contribution in [0, 0.1) is 6.92 Å². The van der Waals surface area contributed by atoms with Crippen LogP contribution in [0.4, 0.5) is 0 Å². The molecule has 0 unspecified atom stereocenters. The van der Waals surface area contributed by atoms with E-state index in [9.17, 15) is 39.0 Å². The van der Waals surface area contributed by atoms with Gasteiger partial charge in [-0.05, 0) is 80.1 Å². The van der Waals surface area contributed by atoms with Gasteiger partial charge in [-0.15, -0.1) is 0 Å². The minimum absolute atomic E-state index is 0.0991. The molecule has 1 amide bonds. The van der Waals surface area contributed by atoms with E-state index in [0.29, 0.717) is 37.3 Å². The van der Waals surface area contributed by atoms with Crippen molar-refractivity contribution in [2.45, 2.75) is 108 Å². The van der Waals surface area contributed by atoms with Crippen LogP contribution in [0.15, 0.2) is 94.6 Å². The number of nitrogens with one attached hydrogen (secondary N) is 2. The van der Waals surface area contributed by atoms with Crippen LogP contribution in [0.3, 0.4) is 0 Å². The number of ether oxygens (including phenoxy) is 8. The first-order valence-electron chi connectivity index (χ1n) is 23.4. The number of benzene rings is 3. The Labute approximate surface area is 411 Å². The number of nitrogens with zero attached hydrogens (tertiary/aromatic N) is 2. The molecule has 0 saturated carbocycles. The second-order valence-corrected chi connectivity index (χ2v) is 17.7. The fourth-order valence-corrected chi connectivity index (χ4v) is 9.11. The lowest BCUT2D eigenvalue weighted by molar-refractivity contribution is -0.273. The molecule has 71 heavy (non-hydrogen) atoms. The van der Waals surface area contributed by atoms with Gasteiger partial charge in [-0.3, -0.25) is 38.4 Å². The molecule has 2 aliphatic rings. The van der Waals surface area contributed by atoms with Crippen LogP contribution in [-0.2, 0) is 53.2 Å². The normalized spacial score (nSPS) is 22.5. The smallest absolute Gasteiger partial charge is 0.330 e. The number of hydrogen-bond acceptors (Lipinski definition) is 16. The van der Waals surface area contributed by atoms with Crippen molar-refractivity contribution in [1.82, 2.24) is 19.8 Å². The number of H-pyrrole nitrogens is 1. The SMILES string of the molecule is COc1ccc(C(OC[C@]2(CO)CN(CCCCCO[C@@H]3O[C@H](CCC(=O)O)[C@@H](OC(C)=O)[C@H](OC(C)=O)[C@H]3NC(C)=O)C[C@H](n3cc(C)c(=O)[nH]c3=O)O2)(c2ccccc2)c2ccc(OC)cc2)cc1. The van der Waals surface area contributed by atoms with Gasteiger partial charge in [0.1, 0.15) is 34.8 Å². The van der Waals surface area contributed by atoms with E-state index >= 15 is 0 Å². The van der Waals surface area contributed by atoms with E-state index in [0.717, 1.165) is 30.5 Å². The number of methoxy groups -OCH3 is 2. The molecule has 1 aromatic heterocycles. The summed E-state index contributed by atoms with van der Waals surface area (Å²) in [6, 6.07) is 23.6. The van der Waals surface area contributed by atoms with Gasteiger partial charge in [-0.2, -0.15) is 0 Å². The molecule has 20 nitrogen and oxygen atoms in total. The summed E-state index contributed by atoms with van der Waals surface area (Å²) < 4.78 is 49.7. The molecule has 4 aromatic rings. The number of carbonyl (C=O) groups excluding carboxylic acids is 3. The Hall–Kier alpha value is -6.42. The zero-order valence-corrected chi connectivity index (χ0v) is 40.8. The maximum Gasteiger partial charge on any atom is 0.330 e. The molecule has 2 saturated heterocycles. The quantitative estimate of drug-likeness (QED) is 0.0471. The van der Waals surface area contributed by atoms with Gasteiger partial charge in [-0.25, -0.2) is 4.79 Å². The van der Waals surface area contributed by atoms with Crippen LogP contribution < -0.4 is 26.0 Å². The summed E-state index contributed by atoms with van der Waals surface area (Å²) in [5.74, 6) is -1.81. The zero-order valence-electron chi connectivity index (χ0n) is 40.8. The Morgan fingerprint density at radius 2 is 1.45 bits per heavy atom. The molecular weight excluding hydrogens is 925 g/mol. The molecule has 0 spiro atoms. The monoisotopic (exact) mass is 988 g/mol. The van der Waals surface area contributed by atoms with E-state index in [4.69, 9.17) is 37.9 Å². The molecule has 384 valence electrons. The van der Waals surface area contributed by atoms with Crippen LogP contribution >= 0.6 is 0 Å². The molecule has 20 heteroatoms. The van der Waals surface area contributed by atoms with E-state index in [1.807, 2.05) is 78.9 Å². The maximum absolute atomic E-state index is 13.4. The van der Waals surface area contributed by atoms with Gasteiger partial charge in [0, 0.05) is 58.6 Å². The Kier molecular flexibility index (Phi) is 18.7. The van der Waals surface area contributed by atoms with Gasteiger partial charge >= 0.3 is 23.6 Å². The minimum Gasteiger partial charge on any atom is -0.497 e. The molecular formula is C51H64N4O16. The number of unbranched alkanes of at least 4 members (excludes halogenated alkanes) is 2. The van der Waals surface area contributed by atoms with E-state index < -0.39 is 89.7 Å². The first-order valence-corrected chi connectivity index (χ1v) is 23.4. The zero-order chi connectivity index (χ0) is 51.3. The number of amides is 1. The Morgan fingerprint density at radius 1 is 0.845 bits per heavy atom. The van der Waals surface area contributed by atoms with Gasteiger partial charge in [0.25, 0.3) is 5.56 Å². The number of carboxylic acid groups (broad SMARTS) is 1. The number of carbonyl (C=O) groups is 4. The van der Waals surface area contributed by atoms with Gasteiger partial charge in [0.2, 0.25) is 5.91 Å². The van der Waals surface area contributed by atoms with Crippen molar-refractivity contribution in [3.8, 4) is 11.5 Å². The number of rotatable bonds is 23. The third-order valence-corrected chi connectivity index (χ3v) is 12.4. The molecule has 3 aromatic carbocycles. The minimum atomic E-state index is -1.43. The summed E-state index contributed by atoms with van der Waals surface area (Å²) >= 11 is 0. The lowest BCUT2D eigenvalue weighted by atomic mass is 9.79. The average molecular weight is 989 g/mol. The van der Waals surface area contributed by atoms with Crippen molar-refractivity contribution in [3.05, 3.63) is 128 Å². The van der Waals surface area contributed by atoms with Gasteiger partial charge in [0.05, 0.1) is 27.4 Å². The predicted octanol–water partition coefficient (Wildman–Crippen LogP) is 3.58. The molecule has 2 aliphatic heterocycles. The number of aromatic nitrogens is 2. The topological polar surface area (TPSA) is 253 Å². The fraction of sp³-hybridized carbons (Fsp3) is 0.490. The lowest BCUT2D eigenvalue weighted by Crippen LogP contribution is -2.65. The van der Waals surface area contributed by atoms with Crippen LogP contribution in [0.1, 0.15) is 81.4 Å². The Bertz CT molecular complexity index is 2490. The van der Waals surface area contributed by atoms with Gasteiger partial charge in [0.15, 0.2) is 24.7 Å². The number of aliphatic hydroxyl groups excluding tert-OH is 1. The summed E-state index contributed by atoms with van der Waals surface area (Å²) in [6.07, 6.45) is -3.09. The Morgan fingerprint density at radius 3 is 2.01 bits per heavy atom. The first kappa shape index (κ1) is 53.9. The number of aromatic amines is 1. The van der Waals surface area contributed by atoms with Crippen LogP contribution in [0.5, 0.6) is 11.5 Å². The number of esters is 2. The molecule has 7 atom stereocenters. The summed E-state index contributed by atoms with van der Waals surface area (Å²) in [5, 5.41) is 23.6. The van der Waals surface area contributed by atoms with Crippen molar-refractivity contribution < 1.29 is 67.3 Å². The number of aliphatic carboxylic acids is 1. The third kappa shape index (κ3) is 13.5. The molecule has 0 bridgehead atoms. The van der Waals surface area contributed by atoms with Gasteiger partial charge < -0.3 is 53.4 Å². The van der Waals surface area contributed by atoms with E-state index in [1.165, 1.54) is 17.7 Å². The second-order valence-electron chi connectivity index (χ2n) is 17.7. The number of morpholine rings is 1. The molecule has 0 radical (unpaired) electrons. The van der Waals surface area contributed by atoms with Crippen molar-refractivity contribution >= 4 is 23.8 Å². The highest BCUT2D eigenvalue weighted by Crippen LogP contribution is 2.43. The molecule has 3 heterocycles. The van der Waals surface area contributed by atoms with Crippen LogP contribution in [0.2, 0.25) is 0 Å². The van der Waals surface area contributed by atoms with E-state index in [-0.39, 0.29) is 44.7 Å². The summed E-state index contributed by atoms with van der Waals surface area (Å²) in [5.41, 5.74) is -1.34. The van der Waals surface area contributed by atoms with Crippen molar-refractivity contribution in [2.75, 3.05) is 53.7 Å². The third-order valence-electron chi connectivity index (χ3n) is 12.4. The summed E-state index contributed by atoms with van der Waals surface area (Å²) in [7, 11) is 3.17. The summed E-state index contributed by atoms with van der Waals surface area (Å²) in [4.78, 5) is 78.8. The highest BCUT2D eigenvalue weighted by atomic mass is 16.7. The largest absolute Gasteiger partial charge is 0.497 e. The van der Waals surface area contributed by atoms with Gasteiger partial charge in [-0.1, -0.05) is 54.6 Å². The lowest BCUT2D eigenvalue weighted by Gasteiger charge is -2.47. The average Bonchev–Trinajstić information content (AvgIpc) is 3.35. The standard InChI is InChI=1S/C51H64N4O16/c1-32-27-55(49(63)53-47(32)62)42-28-54(25-11-8-12-26-66-48-44(52-33(2)57)46(69-35(4)59)45(68-34(3)58)41(70-48)23-24-43(60)61)29-50(30-56,71-42)31-67-51(36-13-9-7-10-14-36,37-15-19-39(64-5)20-16-37)38-17-21-40(65-6)22-18-38/h7,9-10,13-22,27,41-42,44-46,48,56H,8,11-12,23-26,28-31H2,1-6H3,(H,52,57)(H,60,61)(H,53,62,63)/t41-,42-,44-,45-,46-,48-,50-/m1/s1. The highest BCUT2D eigenvalue weighted by Gasteiger charge is 2.51. The Balaban J connectivity index is 1.24. The number of carboxylic acids is 1. The molecule has 4 N–H and O–H groups in total. The highest BCUT2D eigenvalue weighted by molar-refractivity contribution is 5.74. The van der Waals surface area contributed by atoms with Crippen molar-refractivity contribution in [2.24, 2.45) is 0 Å². The van der Waals surface area contributed by atoms with Crippen molar-refractivity contribution in [1.29, 1.82) is 0 Å². The van der Waals surface area contributed by atoms with Crippen molar-refractivity contribution in [3.63, 3.8) is 0 Å². The first-order chi connectivity index (χ1) is 34.0. The van der Waals surface area contributed by atoms with E-state index in [1.54, 1.807) is 21.1 Å². The van der Waals surface area contributed by atoms with E-state index in [2.05, 4.69) is 15.2 Å². The molecule has 6 rings (SSSR count). The number of aliphatic hydroxyl groups is 1. The van der Waals surface area contributed by atoms with Crippen LogP contribution in [-0.4, -0.2) is 138 Å². The second kappa shape index (κ2) is 24.6. The maximum atomic E-state index is 13.4. The number of hydrogen-bond donors (Lipinski definition) is 4. The number of aryl methyl sites for hydroxylation is 1. The summed E-state index contributed by atoms with van der Waals surface area (Å²) in [6.45, 7) is 5.40. The van der Waals surface area contributed by atoms with Crippen LogP contribution in [0.25, 0.3) is 0 Å². The fourth-order valence-electron chi connectivity index (χ4n) is 9.11. The predicted molar refractivity (Wildman–Crippen MR) is 255 cm³/mol. The molecule has 2 fully saturated rings.